The van der Waals surface area contributed by atoms with Crippen LogP contribution in [0.5, 0.6) is 0 Å². The summed E-state index contributed by atoms with van der Waals surface area (Å²) in [5.74, 6) is 0. The lowest BCUT2D eigenvalue weighted by atomic mass is 10.1. The number of aromatic nitrogens is 2. The summed E-state index contributed by atoms with van der Waals surface area (Å²) in [6.07, 6.45) is -3.54. The molecule has 8 heteroatoms. The van der Waals surface area contributed by atoms with Gasteiger partial charge in [-0.25, -0.2) is 4.79 Å². The monoisotopic (exact) mass is 258 g/mol. The summed E-state index contributed by atoms with van der Waals surface area (Å²) >= 11 is 0. The number of hydrogen-bond donors (Lipinski definition) is 3. The van der Waals surface area contributed by atoms with Gasteiger partial charge in [0.25, 0.3) is 5.56 Å². The van der Waals surface area contributed by atoms with Crippen LogP contribution in [0.2, 0.25) is 0 Å². The largest absolute Gasteiger partial charge is 0.394 e. The van der Waals surface area contributed by atoms with Gasteiger partial charge in [-0.15, -0.1) is 0 Å². The molecule has 8 nitrogen and oxygen atoms in total. The molecule has 0 radical (unpaired) electrons. The zero-order valence-corrected chi connectivity index (χ0v) is 9.63. The summed E-state index contributed by atoms with van der Waals surface area (Å²) in [5, 5.41) is 28.3. The lowest BCUT2D eigenvalue weighted by molar-refractivity contribution is -0.0555. The van der Waals surface area contributed by atoms with Crippen molar-refractivity contribution in [2.75, 3.05) is 6.61 Å². The smallest absolute Gasteiger partial charge is 0.332 e. The number of hydrogen-bond acceptors (Lipinski definition) is 6. The van der Waals surface area contributed by atoms with E-state index < -0.39 is 42.4 Å². The average molecular weight is 258 g/mol. The van der Waals surface area contributed by atoms with Gasteiger partial charge in [-0.05, 0) is 0 Å². The lowest BCUT2D eigenvalue weighted by Gasteiger charge is -2.17. The molecular weight excluding hydrogens is 244 g/mol. The van der Waals surface area contributed by atoms with Gasteiger partial charge in [0.2, 0.25) is 0 Å². The number of aliphatic hydroxyl groups excluding tert-OH is 3. The van der Waals surface area contributed by atoms with Crippen molar-refractivity contribution in [3.63, 3.8) is 0 Å². The van der Waals surface area contributed by atoms with Crippen LogP contribution in [0.25, 0.3) is 0 Å². The Balaban J connectivity index is 2.42. The minimum atomic E-state index is -1.35. The van der Waals surface area contributed by atoms with Crippen LogP contribution in [0.15, 0.2) is 21.9 Å². The van der Waals surface area contributed by atoms with Gasteiger partial charge < -0.3 is 20.1 Å². The third kappa shape index (κ3) is 1.89. The fourth-order valence-corrected chi connectivity index (χ4v) is 1.89. The second kappa shape index (κ2) is 4.65. The van der Waals surface area contributed by atoms with Gasteiger partial charge in [0.15, 0.2) is 6.23 Å². The first-order valence-corrected chi connectivity index (χ1v) is 5.38. The van der Waals surface area contributed by atoms with E-state index in [4.69, 9.17) is 9.84 Å². The predicted octanol–water partition coefficient (Wildman–Crippen LogP) is -2.84. The quantitative estimate of drug-likeness (QED) is 0.526. The summed E-state index contributed by atoms with van der Waals surface area (Å²) in [7, 11) is 1.29. The van der Waals surface area contributed by atoms with Crippen molar-refractivity contribution in [3.8, 4) is 0 Å². The maximum atomic E-state index is 11.8. The van der Waals surface area contributed by atoms with Gasteiger partial charge in [-0.2, -0.15) is 0 Å². The van der Waals surface area contributed by atoms with E-state index in [1.165, 1.54) is 13.2 Å². The van der Waals surface area contributed by atoms with Crippen LogP contribution in [0.1, 0.15) is 6.23 Å². The molecule has 0 bridgehead atoms. The van der Waals surface area contributed by atoms with E-state index in [1.54, 1.807) is 0 Å². The van der Waals surface area contributed by atoms with Crippen molar-refractivity contribution >= 4 is 0 Å². The predicted molar refractivity (Wildman–Crippen MR) is 59.0 cm³/mol. The van der Waals surface area contributed by atoms with Gasteiger partial charge in [-0.3, -0.25) is 13.9 Å². The van der Waals surface area contributed by atoms with Crippen LogP contribution in [-0.4, -0.2) is 49.4 Å². The zero-order chi connectivity index (χ0) is 13.4. The molecule has 18 heavy (non-hydrogen) atoms. The van der Waals surface area contributed by atoms with Crippen LogP contribution in [0.3, 0.4) is 0 Å². The topological polar surface area (TPSA) is 114 Å². The Morgan fingerprint density at radius 3 is 2.56 bits per heavy atom. The van der Waals surface area contributed by atoms with Crippen molar-refractivity contribution in [1.29, 1.82) is 0 Å². The Labute approximate surface area is 101 Å². The minimum absolute atomic E-state index is 0.477. The van der Waals surface area contributed by atoms with Crippen LogP contribution in [0, 0.1) is 0 Å². The summed E-state index contributed by atoms with van der Waals surface area (Å²) in [6, 6.07) is 1.15. The lowest BCUT2D eigenvalue weighted by Crippen LogP contribution is -2.41. The molecule has 2 heterocycles. The Morgan fingerprint density at radius 1 is 1.33 bits per heavy atom. The van der Waals surface area contributed by atoms with Gasteiger partial charge in [0.1, 0.15) is 18.3 Å². The van der Waals surface area contributed by atoms with Gasteiger partial charge in [0.05, 0.1) is 6.61 Å². The minimum Gasteiger partial charge on any atom is -0.394 e. The van der Waals surface area contributed by atoms with Crippen LogP contribution >= 0.6 is 0 Å². The highest BCUT2D eigenvalue weighted by Crippen LogP contribution is 2.27. The first-order valence-electron chi connectivity index (χ1n) is 5.38. The molecule has 1 saturated heterocycles. The second-order valence-corrected chi connectivity index (χ2v) is 4.13. The number of rotatable bonds is 2. The first-order chi connectivity index (χ1) is 8.47. The fraction of sp³-hybridized carbons (Fsp3) is 0.600. The molecule has 0 aromatic carbocycles. The van der Waals surface area contributed by atoms with Crippen molar-refractivity contribution < 1.29 is 20.1 Å². The molecule has 1 aliphatic rings. The molecule has 1 aliphatic heterocycles. The first kappa shape index (κ1) is 13.0. The third-order valence-electron chi connectivity index (χ3n) is 3.01. The van der Waals surface area contributed by atoms with Crippen molar-refractivity contribution in [1.82, 2.24) is 9.13 Å². The van der Waals surface area contributed by atoms with Crippen molar-refractivity contribution in [3.05, 3.63) is 33.1 Å². The molecular formula is C10H14N2O6. The van der Waals surface area contributed by atoms with Gasteiger partial charge >= 0.3 is 5.69 Å². The molecule has 3 N–H and O–H groups in total. The normalized spacial score (nSPS) is 31.8. The van der Waals surface area contributed by atoms with Crippen LogP contribution < -0.4 is 11.2 Å². The summed E-state index contributed by atoms with van der Waals surface area (Å²) in [6.45, 7) is -0.477. The Morgan fingerprint density at radius 2 is 2.00 bits per heavy atom. The molecule has 0 unspecified atom stereocenters. The molecule has 0 saturated carbocycles. The number of nitrogens with zero attached hydrogens (tertiary/aromatic N) is 2. The maximum Gasteiger partial charge on any atom is 0.332 e. The zero-order valence-electron chi connectivity index (χ0n) is 9.63. The third-order valence-corrected chi connectivity index (χ3v) is 3.01. The molecule has 0 spiro atoms. The number of ether oxygens (including phenoxy) is 1. The summed E-state index contributed by atoms with van der Waals surface area (Å²) in [5.41, 5.74) is -1.15. The van der Waals surface area contributed by atoms with Crippen LogP contribution in [0.4, 0.5) is 0 Å². The number of aliphatic hydroxyl groups is 3. The molecule has 1 aromatic heterocycles. The van der Waals surface area contributed by atoms with Gasteiger partial charge in [0, 0.05) is 19.3 Å². The second-order valence-electron chi connectivity index (χ2n) is 4.13. The van der Waals surface area contributed by atoms with E-state index >= 15 is 0 Å². The van der Waals surface area contributed by atoms with E-state index in [2.05, 4.69) is 0 Å². The average Bonchev–Trinajstić information content (AvgIpc) is 2.64. The standard InChI is InChI=1S/C10H14N2O6/c1-11-6(14)2-3-12(10(11)17)9-8(16)7(15)5(4-13)18-9/h2-3,5,7-9,13,15-16H,4H2,1H3/t5-,7+,8+,9+/m1/s1. The van der Waals surface area contributed by atoms with E-state index in [0.717, 1.165) is 15.2 Å². The summed E-state index contributed by atoms with van der Waals surface area (Å²) < 4.78 is 7.06. The highest BCUT2D eigenvalue weighted by atomic mass is 16.6. The Hall–Kier alpha value is -1.48. The fourth-order valence-electron chi connectivity index (χ4n) is 1.89. The van der Waals surface area contributed by atoms with Crippen molar-refractivity contribution in [2.24, 2.45) is 7.05 Å². The molecule has 1 aromatic rings. The molecule has 100 valence electrons. The molecule has 0 aliphatic carbocycles. The van der Waals surface area contributed by atoms with Crippen LogP contribution in [-0.2, 0) is 11.8 Å². The van der Waals surface area contributed by atoms with E-state index in [-0.39, 0.29) is 0 Å². The summed E-state index contributed by atoms with van der Waals surface area (Å²) in [4.78, 5) is 23.0. The van der Waals surface area contributed by atoms with E-state index in [1.807, 2.05) is 0 Å². The molecule has 0 amide bonds. The Kier molecular flexibility index (Phi) is 3.35. The molecule has 1 fully saturated rings. The Bertz CT molecular complexity index is 550. The van der Waals surface area contributed by atoms with E-state index in [9.17, 15) is 19.8 Å². The van der Waals surface area contributed by atoms with Crippen molar-refractivity contribution in [2.45, 2.75) is 24.5 Å². The molecule has 4 atom stereocenters. The SMILES string of the molecule is Cn1c(=O)ccn([C@H]2O[C@H](CO)[C@H](O)[C@@H]2O)c1=O. The highest BCUT2D eigenvalue weighted by molar-refractivity contribution is 4.93. The highest BCUT2D eigenvalue weighted by Gasteiger charge is 2.43. The van der Waals surface area contributed by atoms with E-state index in [0.29, 0.717) is 0 Å². The molecule has 2 rings (SSSR count). The maximum absolute atomic E-state index is 11.8. The van der Waals surface area contributed by atoms with Gasteiger partial charge in [-0.1, -0.05) is 0 Å².